The van der Waals surface area contributed by atoms with Gasteiger partial charge in [-0.25, -0.2) is 0 Å². The van der Waals surface area contributed by atoms with Crippen molar-refractivity contribution in [3.8, 4) is 5.75 Å². The predicted molar refractivity (Wildman–Crippen MR) is 75.4 cm³/mol. The molecule has 3 nitrogen and oxygen atoms in total. The molecule has 1 rings (SSSR count). The van der Waals surface area contributed by atoms with Crippen LogP contribution in [0.4, 0.5) is 0 Å². The van der Waals surface area contributed by atoms with Crippen LogP contribution in [0.25, 0.3) is 0 Å². The first-order valence-corrected chi connectivity index (χ1v) is 6.67. The lowest BCUT2D eigenvalue weighted by molar-refractivity contribution is 0.244. The third-order valence-electron chi connectivity index (χ3n) is 2.88. The average molecular weight is 301 g/mol. The van der Waals surface area contributed by atoms with Crippen LogP contribution in [0.3, 0.4) is 0 Å². The first-order chi connectivity index (χ1) is 8.13. The van der Waals surface area contributed by atoms with Crippen LogP contribution >= 0.6 is 15.9 Å². The summed E-state index contributed by atoms with van der Waals surface area (Å²) in [5.74, 6) is 0.895. The second-order valence-electron chi connectivity index (χ2n) is 4.12. The molecule has 17 heavy (non-hydrogen) atoms. The van der Waals surface area contributed by atoms with Gasteiger partial charge in [0.25, 0.3) is 0 Å². The van der Waals surface area contributed by atoms with Crippen molar-refractivity contribution >= 4 is 15.9 Å². The van der Waals surface area contributed by atoms with E-state index in [1.54, 1.807) is 7.11 Å². The molecule has 1 atom stereocenters. The molecular formula is C13H21BrN2O. The molecule has 1 unspecified atom stereocenters. The normalized spacial score (nSPS) is 12.8. The number of nitrogens with two attached hydrogens (primary N) is 1. The molecule has 0 saturated heterocycles. The van der Waals surface area contributed by atoms with Gasteiger partial charge in [-0.3, -0.25) is 4.90 Å². The maximum absolute atomic E-state index is 5.90. The van der Waals surface area contributed by atoms with Gasteiger partial charge in [-0.2, -0.15) is 0 Å². The molecule has 0 amide bonds. The Bertz CT molecular complexity index is 357. The minimum Gasteiger partial charge on any atom is -0.496 e. The fourth-order valence-electron chi connectivity index (χ4n) is 2.02. The minimum atomic E-state index is 0.197. The first kappa shape index (κ1) is 14.5. The van der Waals surface area contributed by atoms with Crippen LogP contribution in [-0.2, 0) is 0 Å². The Hall–Kier alpha value is -0.580. The summed E-state index contributed by atoms with van der Waals surface area (Å²) < 4.78 is 6.46. The maximum Gasteiger partial charge on any atom is 0.123 e. The molecule has 0 radical (unpaired) electrons. The highest BCUT2D eigenvalue weighted by molar-refractivity contribution is 9.10. The van der Waals surface area contributed by atoms with Crippen molar-refractivity contribution in [3.05, 3.63) is 28.2 Å². The van der Waals surface area contributed by atoms with Crippen molar-refractivity contribution in [2.75, 3.05) is 27.2 Å². The quantitative estimate of drug-likeness (QED) is 0.878. The summed E-state index contributed by atoms with van der Waals surface area (Å²) >= 11 is 3.50. The van der Waals surface area contributed by atoms with Crippen molar-refractivity contribution in [1.29, 1.82) is 0 Å². The molecule has 0 fully saturated rings. The number of methoxy groups -OCH3 is 1. The van der Waals surface area contributed by atoms with E-state index < -0.39 is 0 Å². The highest BCUT2D eigenvalue weighted by Gasteiger charge is 2.19. The van der Waals surface area contributed by atoms with Crippen LogP contribution in [0.2, 0.25) is 0 Å². The van der Waals surface area contributed by atoms with Crippen LogP contribution < -0.4 is 10.5 Å². The molecule has 0 aliphatic carbocycles. The van der Waals surface area contributed by atoms with E-state index in [2.05, 4.69) is 40.9 Å². The van der Waals surface area contributed by atoms with E-state index in [0.717, 1.165) is 28.8 Å². The first-order valence-electron chi connectivity index (χ1n) is 5.87. The highest BCUT2D eigenvalue weighted by Crippen LogP contribution is 2.30. The number of hydrogen-bond acceptors (Lipinski definition) is 3. The number of rotatable bonds is 6. The summed E-state index contributed by atoms with van der Waals surface area (Å²) in [5.41, 5.74) is 7.04. The van der Waals surface area contributed by atoms with Crippen LogP contribution in [0.1, 0.15) is 24.9 Å². The van der Waals surface area contributed by atoms with Crippen molar-refractivity contribution in [2.45, 2.75) is 19.4 Å². The molecule has 0 aliphatic heterocycles. The van der Waals surface area contributed by atoms with E-state index in [1.807, 2.05) is 12.1 Å². The third kappa shape index (κ3) is 3.69. The Balaban J connectivity index is 3.05. The smallest absolute Gasteiger partial charge is 0.123 e. The van der Waals surface area contributed by atoms with Crippen LogP contribution in [-0.4, -0.2) is 32.1 Å². The average Bonchev–Trinajstić information content (AvgIpc) is 2.31. The lowest BCUT2D eigenvalue weighted by Gasteiger charge is -2.28. The second kappa shape index (κ2) is 6.99. The van der Waals surface area contributed by atoms with Gasteiger partial charge in [0.2, 0.25) is 0 Å². The standard InChI is InChI=1S/C13H21BrN2O/c1-4-7-16(2)12(9-15)11-8-10(14)5-6-13(11)17-3/h5-6,8,12H,4,7,9,15H2,1-3H3. The number of nitrogens with zero attached hydrogens (tertiary/aromatic N) is 1. The number of likely N-dealkylation sites (N-methyl/N-ethyl adjacent to an activating group) is 1. The fourth-order valence-corrected chi connectivity index (χ4v) is 2.40. The number of ether oxygens (including phenoxy) is 1. The van der Waals surface area contributed by atoms with E-state index in [1.165, 1.54) is 0 Å². The topological polar surface area (TPSA) is 38.5 Å². The summed E-state index contributed by atoms with van der Waals surface area (Å²) in [7, 11) is 3.79. The van der Waals surface area contributed by atoms with Gasteiger partial charge >= 0.3 is 0 Å². The molecular weight excluding hydrogens is 280 g/mol. The molecule has 0 bridgehead atoms. The van der Waals surface area contributed by atoms with Gasteiger partial charge in [0.1, 0.15) is 5.75 Å². The van der Waals surface area contributed by atoms with Crippen molar-refractivity contribution < 1.29 is 4.74 Å². The van der Waals surface area contributed by atoms with E-state index in [9.17, 15) is 0 Å². The van der Waals surface area contributed by atoms with Crippen molar-refractivity contribution in [2.24, 2.45) is 5.73 Å². The monoisotopic (exact) mass is 300 g/mol. The van der Waals surface area contributed by atoms with Gasteiger partial charge < -0.3 is 10.5 Å². The number of halogens is 1. The van der Waals surface area contributed by atoms with E-state index in [0.29, 0.717) is 6.54 Å². The largest absolute Gasteiger partial charge is 0.496 e. The Morgan fingerprint density at radius 2 is 2.18 bits per heavy atom. The zero-order chi connectivity index (χ0) is 12.8. The Morgan fingerprint density at radius 1 is 1.47 bits per heavy atom. The summed E-state index contributed by atoms with van der Waals surface area (Å²) in [6, 6.07) is 6.24. The molecule has 2 N–H and O–H groups in total. The Kier molecular flexibility index (Phi) is 5.95. The lowest BCUT2D eigenvalue weighted by Crippen LogP contribution is -2.31. The maximum atomic E-state index is 5.90. The third-order valence-corrected chi connectivity index (χ3v) is 3.38. The summed E-state index contributed by atoms with van der Waals surface area (Å²) in [5, 5.41) is 0. The molecule has 0 saturated carbocycles. The van der Waals surface area contributed by atoms with Gasteiger partial charge in [0.05, 0.1) is 13.2 Å². The van der Waals surface area contributed by atoms with Gasteiger partial charge in [0.15, 0.2) is 0 Å². The van der Waals surface area contributed by atoms with Gasteiger partial charge in [-0.05, 0) is 38.2 Å². The zero-order valence-corrected chi connectivity index (χ0v) is 12.3. The molecule has 0 aromatic heterocycles. The molecule has 0 spiro atoms. The van der Waals surface area contributed by atoms with Crippen LogP contribution in [0.5, 0.6) is 5.75 Å². The fraction of sp³-hybridized carbons (Fsp3) is 0.538. The van der Waals surface area contributed by atoms with Crippen molar-refractivity contribution in [3.63, 3.8) is 0 Å². The molecule has 0 aliphatic rings. The summed E-state index contributed by atoms with van der Waals surface area (Å²) in [6.07, 6.45) is 1.11. The van der Waals surface area contributed by atoms with E-state index >= 15 is 0 Å². The second-order valence-corrected chi connectivity index (χ2v) is 5.03. The summed E-state index contributed by atoms with van der Waals surface area (Å²) in [6.45, 7) is 3.78. The highest BCUT2D eigenvalue weighted by atomic mass is 79.9. The molecule has 0 heterocycles. The van der Waals surface area contributed by atoms with Gasteiger partial charge in [-0.1, -0.05) is 22.9 Å². The predicted octanol–water partition coefficient (Wildman–Crippen LogP) is 2.80. The van der Waals surface area contributed by atoms with Crippen molar-refractivity contribution in [1.82, 2.24) is 4.90 Å². The number of benzene rings is 1. The minimum absolute atomic E-state index is 0.197. The van der Waals surface area contributed by atoms with Gasteiger partial charge in [-0.15, -0.1) is 0 Å². The molecule has 96 valence electrons. The number of hydrogen-bond donors (Lipinski definition) is 1. The summed E-state index contributed by atoms with van der Waals surface area (Å²) in [4.78, 5) is 2.27. The molecule has 4 heteroatoms. The molecule has 1 aromatic carbocycles. The zero-order valence-electron chi connectivity index (χ0n) is 10.7. The van der Waals surface area contributed by atoms with E-state index in [-0.39, 0.29) is 6.04 Å². The van der Waals surface area contributed by atoms with Crippen LogP contribution in [0, 0.1) is 0 Å². The van der Waals surface area contributed by atoms with E-state index in [4.69, 9.17) is 10.5 Å². The van der Waals surface area contributed by atoms with Gasteiger partial charge in [0, 0.05) is 16.6 Å². The Labute approximate surface area is 112 Å². The Morgan fingerprint density at radius 3 is 2.71 bits per heavy atom. The SMILES string of the molecule is CCCN(C)C(CN)c1cc(Br)ccc1OC. The lowest BCUT2D eigenvalue weighted by atomic mass is 10.0. The van der Waals surface area contributed by atoms with Crippen LogP contribution in [0.15, 0.2) is 22.7 Å². The molecule has 1 aromatic rings.